The average molecular weight is 430 g/mol. The third-order valence-corrected chi connectivity index (χ3v) is 5.74. The molecule has 1 aliphatic rings. The normalized spacial score (nSPS) is 13.6. The van der Waals surface area contributed by atoms with E-state index in [2.05, 4.69) is 10.2 Å². The minimum Gasteiger partial charge on any atom is -0.496 e. The number of benzene rings is 3. The maximum Gasteiger partial charge on any atom is 0.259 e. The predicted molar refractivity (Wildman–Crippen MR) is 127 cm³/mol. The summed E-state index contributed by atoms with van der Waals surface area (Å²) in [6.07, 6.45) is 0. The minimum absolute atomic E-state index is 0.0541. The molecule has 0 aromatic heterocycles. The van der Waals surface area contributed by atoms with Gasteiger partial charge in [-0.05, 0) is 42.8 Å². The number of methoxy groups -OCH3 is 1. The fourth-order valence-electron chi connectivity index (χ4n) is 4.06. The molecular formula is C26H27N3O3. The Kier molecular flexibility index (Phi) is 6.40. The molecular weight excluding hydrogens is 402 g/mol. The Morgan fingerprint density at radius 3 is 2.25 bits per heavy atom. The molecule has 0 radical (unpaired) electrons. The number of nitrogens with zero attached hydrogens (tertiary/aromatic N) is 2. The van der Waals surface area contributed by atoms with E-state index in [1.807, 2.05) is 78.6 Å². The van der Waals surface area contributed by atoms with Gasteiger partial charge in [-0.2, -0.15) is 0 Å². The molecule has 32 heavy (non-hydrogen) atoms. The Labute approximate surface area is 188 Å². The van der Waals surface area contributed by atoms with E-state index in [9.17, 15) is 9.59 Å². The highest BCUT2D eigenvalue weighted by molar-refractivity contribution is 6.08. The second-order valence-electron chi connectivity index (χ2n) is 7.77. The highest BCUT2D eigenvalue weighted by atomic mass is 16.5. The average Bonchev–Trinajstić information content (AvgIpc) is 2.84. The van der Waals surface area contributed by atoms with Gasteiger partial charge in [0.2, 0.25) is 0 Å². The number of aryl methyl sites for hydroxylation is 1. The fourth-order valence-corrected chi connectivity index (χ4v) is 4.06. The summed E-state index contributed by atoms with van der Waals surface area (Å²) >= 11 is 0. The molecule has 0 unspecified atom stereocenters. The lowest BCUT2D eigenvalue weighted by Crippen LogP contribution is -2.49. The van der Waals surface area contributed by atoms with Crippen LogP contribution in [0, 0.1) is 6.92 Å². The van der Waals surface area contributed by atoms with Crippen LogP contribution < -0.4 is 15.0 Å². The van der Waals surface area contributed by atoms with Gasteiger partial charge in [-0.25, -0.2) is 0 Å². The number of amides is 2. The van der Waals surface area contributed by atoms with E-state index in [1.165, 1.54) is 0 Å². The lowest BCUT2D eigenvalue weighted by atomic mass is 10.1. The first kappa shape index (κ1) is 21.4. The van der Waals surface area contributed by atoms with Gasteiger partial charge in [0, 0.05) is 31.7 Å². The maximum atomic E-state index is 13.0. The number of nitrogens with one attached hydrogen (secondary N) is 1. The second kappa shape index (κ2) is 9.56. The van der Waals surface area contributed by atoms with E-state index in [1.54, 1.807) is 13.2 Å². The largest absolute Gasteiger partial charge is 0.496 e. The molecule has 164 valence electrons. The molecule has 0 spiro atoms. The van der Waals surface area contributed by atoms with Crippen LogP contribution in [-0.2, 0) is 0 Å². The van der Waals surface area contributed by atoms with E-state index in [0.29, 0.717) is 43.1 Å². The standard InChI is InChI=1S/C26H27N3O3/c1-19-9-8-12-21(24(19)32-2)25(30)27-22-13-6-7-14-23(22)28-15-17-29(18-16-28)26(31)20-10-4-3-5-11-20/h3-14H,15-18H2,1-2H3,(H,27,30). The molecule has 1 heterocycles. The van der Waals surface area contributed by atoms with Gasteiger partial charge in [-0.1, -0.05) is 42.5 Å². The Morgan fingerprint density at radius 2 is 1.53 bits per heavy atom. The number of para-hydroxylation sites is 3. The van der Waals surface area contributed by atoms with Crippen LogP contribution in [0.1, 0.15) is 26.3 Å². The van der Waals surface area contributed by atoms with Gasteiger partial charge in [0.05, 0.1) is 24.0 Å². The number of anilines is 2. The van der Waals surface area contributed by atoms with Crippen LogP contribution in [0.25, 0.3) is 0 Å². The fraction of sp³-hybridized carbons (Fsp3) is 0.231. The highest BCUT2D eigenvalue weighted by Gasteiger charge is 2.24. The first-order chi connectivity index (χ1) is 15.6. The summed E-state index contributed by atoms with van der Waals surface area (Å²) in [5.41, 5.74) is 3.80. The van der Waals surface area contributed by atoms with E-state index in [4.69, 9.17) is 4.74 Å². The molecule has 0 saturated carbocycles. The molecule has 1 aliphatic heterocycles. The summed E-state index contributed by atoms with van der Waals surface area (Å²) < 4.78 is 5.44. The second-order valence-corrected chi connectivity index (χ2v) is 7.77. The summed E-state index contributed by atoms with van der Waals surface area (Å²) in [4.78, 5) is 29.8. The van der Waals surface area contributed by atoms with Crippen molar-refractivity contribution in [1.29, 1.82) is 0 Å². The van der Waals surface area contributed by atoms with Crippen LogP contribution in [0.3, 0.4) is 0 Å². The van der Waals surface area contributed by atoms with Gasteiger partial charge >= 0.3 is 0 Å². The Bertz CT molecular complexity index is 1110. The van der Waals surface area contributed by atoms with Crippen molar-refractivity contribution in [2.24, 2.45) is 0 Å². The molecule has 0 aliphatic carbocycles. The van der Waals surface area contributed by atoms with Crippen molar-refractivity contribution >= 4 is 23.2 Å². The number of piperazine rings is 1. The first-order valence-electron chi connectivity index (χ1n) is 10.7. The van der Waals surface area contributed by atoms with Gasteiger partial charge in [-0.15, -0.1) is 0 Å². The van der Waals surface area contributed by atoms with Gasteiger partial charge < -0.3 is 19.9 Å². The van der Waals surface area contributed by atoms with Crippen LogP contribution in [0.2, 0.25) is 0 Å². The number of carbonyl (C=O) groups is 2. The van der Waals surface area contributed by atoms with Gasteiger partial charge in [0.1, 0.15) is 5.75 Å². The molecule has 3 aromatic carbocycles. The number of ether oxygens (including phenoxy) is 1. The lowest BCUT2D eigenvalue weighted by molar-refractivity contribution is 0.0746. The topological polar surface area (TPSA) is 61.9 Å². The highest BCUT2D eigenvalue weighted by Crippen LogP contribution is 2.29. The van der Waals surface area contributed by atoms with Crippen molar-refractivity contribution in [3.05, 3.63) is 89.5 Å². The molecule has 4 rings (SSSR count). The van der Waals surface area contributed by atoms with Crippen LogP contribution in [0.4, 0.5) is 11.4 Å². The third-order valence-electron chi connectivity index (χ3n) is 5.74. The van der Waals surface area contributed by atoms with Gasteiger partial charge in [-0.3, -0.25) is 9.59 Å². The van der Waals surface area contributed by atoms with Crippen LogP contribution in [-0.4, -0.2) is 50.0 Å². The number of hydrogen-bond donors (Lipinski definition) is 1. The quantitative estimate of drug-likeness (QED) is 0.660. The molecule has 2 amide bonds. The summed E-state index contributed by atoms with van der Waals surface area (Å²) in [6, 6.07) is 22.7. The first-order valence-corrected chi connectivity index (χ1v) is 10.7. The number of rotatable bonds is 5. The summed E-state index contributed by atoms with van der Waals surface area (Å²) in [6.45, 7) is 4.56. The molecule has 0 atom stereocenters. The summed E-state index contributed by atoms with van der Waals surface area (Å²) in [7, 11) is 1.57. The van der Waals surface area contributed by atoms with Crippen molar-refractivity contribution < 1.29 is 14.3 Å². The molecule has 6 heteroatoms. The van der Waals surface area contributed by atoms with Crippen LogP contribution in [0.15, 0.2) is 72.8 Å². The zero-order valence-electron chi connectivity index (χ0n) is 18.4. The summed E-state index contributed by atoms with van der Waals surface area (Å²) in [5.74, 6) is 0.421. The smallest absolute Gasteiger partial charge is 0.259 e. The van der Waals surface area contributed by atoms with Gasteiger partial charge in [0.25, 0.3) is 11.8 Å². The number of carbonyl (C=O) groups excluding carboxylic acids is 2. The maximum absolute atomic E-state index is 13.0. The van der Waals surface area contributed by atoms with Gasteiger partial charge in [0.15, 0.2) is 0 Å². The van der Waals surface area contributed by atoms with Crippen molar-refractivity contribution in [3.63, 3.8) is 0 Å². The molecule has 1 fully saturated rings. The van der Waals surface area contributed by atoms with Crippen molar-refractivity contribution in [2.75, 3.05) is 43.5 Å². The van der Waals surface area contributed by atoms with Crippen LogP contribution >= 0.6 is 0 Å². The molecule has 6 nitrogen and oxygen atoms in total. The van der Waals surface area contributed by atoms with Crippen LogP contribution in [0.5, 0.6) is 5.75 Å². The summed E-state index contributed by atoms with van der Waals surface area (Å²) in [5, 5.41) is 3.04. The number of hydrogen-bond acceptors (Lipinski definition) is 4. The Morgan fingerprint density at radius 1 is 0.844 bits per heavy atom. The molecule has 1 saturated heterocycles. The van der Waals surface area contributed by atoms with E-state index in [0.717, 1.165) is 16.9 Å². The Hall–Kier alpha value is -3.80. The lowest BCUT2D eigenvalue weighted by Gasteiger charge is -2.37. The zero-order chi connectivity index (χ0) is 22.5. The van der Waals surface area contributed by atoms with E-state index >= 15 is 0 Å². The molecule has 3 aromatic rings. The predicted octanol–water partition coefficient (Wildman–Crippen LogP) is 4.22. The monoisotopic (exact) mass is 429 g/mol. The third kappa shape index (κ3) is 4.44. The minimum atomic E-state index is -0.212. The Balaban J connectivity index is 1.47. The molecule has 0 bridgehead atoms. The van der Waals surface area contributed by atoms with Crippen molar-refractivity contribution in [2.45, 2.75) is 6.92 Å². The molecule has 1 N–H and O–H groups in total. The van der Waals surface area contributed by atoms with E-state index < -0.39 is 0 Å². The SMILES string of the molecule is COc1c(C)cccc1C(=O)Nc1ccccc1N1CCN(C(=O)c2ccccc2)CC1. The van der Waals surface area contributed by atoms with Crippen molar-refractivity contribution in [1.82, 2.24) is 4.90 Å². The zero-order valence-corrected chi connectivity index (χ0v) is 18.4. The van der Waals surface area contributed by atoms with Crippen molar-refractivity contribution in [3.8, 4) is 5.75 Å². The van der Waals surface area contributed by atoms with E-state index in [-0.39, 0.29) is 11.8 Å².